The molecule has 0 saturated carbocycles. The van der Waals surface area contributed by atoms with E-state index < -0.39 is 0 Å². The van der Waals surface area contributed by atoms with Crippen molar-refractivity contribution in [2.75, 3.05) is 0 Å². The third-order valence-electron chi connectivity index (χ3n) is 1.89. The minimum Gasteiger partial charge on any atom is -0.346 e. The topological polar surface area (TPSA) is 54.9 Å². The number of rotatable bonds is 1. The van der Waals surface area contributed by atoms with Gasteiger partial charge < -0.3 is 5.32 Å². The molecule has 2 rings (SSSR count). The molecule has 0 bridgehead atoms. The van der Waals surface area contributed by atoms with Gasteiger partial charge in [0.15, 0.2) is 0 Å². The van der Waals surface area contributed by atoms with E-state index in [4.69, 9.17) is 0 Å². The average molecular weight is 163 g/mol. The molecule has 62 valence electrons. The van der Waals surface area contributed by atoms with Crippen LogP contribution in [0.25, 0.3) is 0 Å². The lowest BCUT2D eigenvalue weighted by atomic mass is 10.2. The second-order valence-electron chi connectivity index (χ2n) is 2.68. The molecule has 0 atom stereocenters. The Kier molecular flexibility index (Phi) is 1.53. The molecule has 0 saturated heterocycles. The van der Waals surface area contributed by atoms with Gasteiger partial charge in [0.25, 0.3) is 5.91 Å². The lowest BCUT2D eigenvalue weighted by Crippen LogP contribution is -2.12. The minimum atomic E-state index is -0.0624. The van der Waals surface area contributed by atoms with Gasteiger partial charge in [0, 0.05) is 12.6 Å². The highest BCUT2D eigenvalue weighted by Crippen LogP contribution is 2.11. The third kappa shape index (κ3) is 0.958. The monoisotopic (exact) mass is 163 g/mol. The van der Waals surface area contributed by atoms with Crippen LogP contribution in [-0.2, 0) is 13.0 Å². The molecular weight excluding hydrogens is 154 g/mol. The quantitative estimate of drug-likeness (QED) is 0.647. The molecule has 1 N–H and O–H groups in total. The maximum absolute atomic E-state index is 11.1. The molecule has 1 amide bonds. The molecule has 0 spiro atoms. The Morgan fingerprint density at radius 3 is 3.25 bits per heavy atom. The molecule has 4 heteroatoms. The first-order chi connectivity index (χ1) is 5.81. The van der Waals surface area contributed by atoms with E-state index in [-0.39, 0.29) is 5.91 Å². The fourth-order valence-electron chi connectivity index (χ4n) is 1.21. The Labute approximate surface area is 70.0 Å². The van der Waals surface area contributed by atoms with E-state index in [2.05, 4.69) is 15.3 Å². The molecule has 0 radical (unpaired) electrons. The minimum absolute atomic E-state index is 0.0624. The number of nitrogens with one attached hydrogen (secondary N) is 1. The maximum Gasteiger partial charge on any atom is 0.255 e. The summed E-state index contributed by atoms with van der Waals surface area (Å²) in [6, 6.07) is 0. The molecule has 1 aromatic rings. The van der Waals surface area contributed by atoms with Gasteiger partial charge in [0.1, 0.15) is 5.82 Å². The molecule has 2 heterocycles. The summed E-state index contributed by atoms with van der Waals surface area (Å²) in [6.07, 6.45) is 2.41. The lowest BCUT2D eigenvalue weighted by molar-refractivity contribution is 0.0965. The van der Waals surface area contributed by atoms with Gasteiger partial charge in [-0.2, -0.15) is 0 Å². The van der Waals surface area contributed by atoms with Gasteiger partial charge >= 0.3 is 0 Å². The van der Waals surface area contributed by atoms with Crippen LogP contribution in [0.15, 0.2) is 6.20 Å². The zero-order valence-electron chi connectivity index (χ0n) is 6.79. The van der Waals surface area contributed by atoms with Crippen molar-refractivity contribution in [3.05, 3.63) is 23.3 Å². The highest BCUT2D eigenvalue weighted by molar-refractivity contribution is 5.97. The Morgan fingerprint density at radius 2 is 2.50 bits per heavy atom. The number of hydrogen-bond donors (Lipinski definition) is 1. The Morgan fingerprint density at radius 1 is 1.67 bits per heavy atom. The van der Waals surface area contributed by atoms with E-state index in [0.29, 0.717) is 12.1 Å². The Balaban J connectivity index is 2.48. The van der Waals surface area contributed by atoms with Crippen LogP contribution in [0.1, 0.15) is 28.8 Å². The van der Waals surface area contributed by atoms with Gasteiger partial charge in [-0.3, -0.25) is 4.79 Å². The van der Waals surface area contributed by atoms with Crippen LogP contribution in [0.5, 0.6) is 0 Å². The lowest BCUT2D eigenvalue weighted by Gasteiger charge is -1.96. The summed E-state index contributed by atoms with van der Waals surface area (Å²) in [6.45, 7) is 2.54. The van der Waals surface area contributed by atoms with Crippen LogP contribution < -0.4 is 5.32 Å². The summed E-state index contributed by atoms with van der Waals surface area (Å²) in [7, 11) is 0. The van der Waals surface area contributed by atoms with Crippen LogP contribution in [0.4, 0.5) is 0 Å². The molecule has 4 nitrogen and oxygen atoms in total. The second-order valence-corrected chi connectivity index (χ2v) is 2.68. The van der Waals surface area contributed by atoms with Crippen LogP contribution >= 0.6 is 0 Å². The number of aryl methyl sites for hydroxylation is 1. The summed E-state index contributed by atoms with van der Waals surface area (Å²) in [5.74, 6) is 0.734. The van der Waals surface area contributed by atoms with Crippen molar-refractivity contribution in [2.45, 2.75) is 19.9 Å². The van der Waals surface area contributed by atoms with Crippen molar-refractivity contribution < 1.29 is 4.79 Å². The van der Waals surface area contributed by atoms with Gasteiger partial charge in [-0.25, -0.2) is 9.97 Å². The van der Waals surface area contributed by atoms with E-state index in [0.717, 1.165) is 17.9 Å². The predicted molar refractivity (Wildman–Crippen MR) is 42.6 cm³/mol. The Hall–Kier alpha value is -1.45. The van der Waals surface area contributed by atoms with Crippen LogP contribution in [0.3, 0.4) is 0 Å². The van der Waals surface area contributed by atoms with E-state index in [1.54, 1.807) is 6.20 Å². The number of carbonyl (C=O) groups is 1. The SMILES string of the molecule is CCc1ncc2c(n1)CNC2=O. The number of amides is 1. The van der Waals surface area contributed by atoms with Crippen molar-refractivity contribution in [1.82, 2.24) is 15.3 Å². The van der Waals surface area contributed by atoms with Crippen molar-refractivity contribution in [3.8, 4) is 0 Å². The molecule has 1 aliphatic rings. The van der Waals surface area contributed by atoms with Crippen molar-refractivity contribution in [3.63, 3.8) is 0 Å². The summed E-state index contributed by atoms with van der Waals surface area (Å²) in [5, 5.41) is 2.69. The number of carbonyl (C=O) groups excluding carboxylic acids is 1. The molecule has 0 unspecified atom stereocenters. The Bertz CT molecular complexity index is 335. The average Bonchev–Trinajstić information content (AvgIpc) is 2.47. The zero-order chi connectivity index (χ0) is 8.55. The smallest absolute Gasteiger partial charge is 0.255 e. The summed E-state index contributed by atoms with van der Waals surface area (Å²) in [5.41, 5.74) is 1.44. The standard InChI is InChI=1S/C8H9N3O/c1-2-7-9-3-5-6(11-7)4-10-8(5)12/h3H,2,4H2,1H3,(H,10,12). The maximum atomic E-state index is 11.1. The van der Waals surface area contributed by atoms with E-state index in [1.165, 1.54) is 0 Å². The van der Waals surface area contributed by atoms with Gasteiger partial charge in [-0.1, -0.05) is 6.92 Å². The normalized spacial score (nSPS) is 14.2. The molecule has 1 aliphatic heterocycles. The second kappa shape index (κ2) is 2.55. The first-order valence-electron chi connectivity index (χ1n) is 3.94. The largest absolute Gasteiger partial charge is 0.346 e. The zero-order valence-corrected chi connectivity index (χ0v) is 6.79. The van der Waals surface area contributed by atoms with E-state index in [9.17, 15) is 4.79 Å². The molecule has 0 aliphatic carbocycles. The summed E-state index contributed by atoms with van der Waals surface area (Å²) in [4.78, 5) is 19.3. The van der Waals surface area contributed by atoms with Crippen LogP contribution in [0.2, 0.25) is 0 Å². The van der Waals surface area contributed by atoms with Gasteiger partial charge in [-0.05, 0) is 0 Å². The van der Waals surface area contributed by atoms with E-state index in [1.807, 2.05) is 6.92 Å². The van der Waals surface area contributed by atoms with Crippen LogP contribution in [0, 0.1) is 0 Å². The first-order valence-corrected chi connectivity index (χ1v) is 3.94. The van der Waals surface area contributed by atoms with E-state index >= 15 is 0 Å². The molecular formula is C8H9N3O. The highest BCUT2D eigenvalue weighted by atomic mass is 16.1. The molecule has 12 heavy (non-hydrogen) atoms. The van der Waals surface area contributed by atoms with Crippen LogP contribution in [-0.4, -0.2) is 15.9 Å². The molecule has 1 aromatic heterocycles. The molecule has 0 fully saturated rings. The fourth-order valence-corrected chi connectivity index (χ4v) is 1.21. The number of hydrogen-bond acceptors (Lipinski definition) is 3. The van der Waals surface area contributed by atoms with Gasteiger partial charge in [0.2, 0.25) is 0 Å². The number of nitrogens with zero attached hydrogens (tertiary/aromatic N) is 2. The van der Waals surface area contributed by atoms with Crippen molar-refractivity contribution >= 4 is 5.91 Å². The summed E-state index contributed by atoms with van der Waals surface area (Å²) < 4.78 is 0. The number of aromatic nitrogens is 2. The highest BCUT2D eigenvalue weighted by Gasteiger charge is 2.20. The first kappa shape index (κ1) is 7.21. The van der Waals surface area contributed by atoms with Gasteiger partial charge in [0.05, 0.1) is 17.8 Å². The molecule has 0 aromatic carbocycles. The summed E-state index contributed by atoms with van der Waals surface area (Å²) >= 11 is 0. The fraction of sp³-hybridized carbons (Fsp3) is 0.375. The number of fused-ring (bicyclic) bond motifs is 1. The van der Waals surface area contributed by atoms with Crippen molar-refractivity contribution in [1.29, 1.82) is 0 Å². The predicted octanol–water partition coefficient (Wildman–Crippen LogP) is 0.282. The third-order valence-corrected chi connectivity index (χ3v) is 1.89. The van der Waals surface area contributed by atoms with Crippen molar-refractivity contribution in [2.24, 2.45) is 0 Å². The van der Waals surface area contributed by atoms with Gasteiger partial charge in [-0.15, -0.1) is 0 Å².